The fourth-order valence-electron chi connectivity index (χ4n) is 3.81. The highest BCUT2D eigenvalue weighted by Gasteiger charge is 2.21. The van der Waals surface area contributed by atoms with Gasteiger partial charge in [0.1, 0.15) is 17.3 Å². The molecule has 1 heterocycles. The molecule has 1 amide bonds. The van der Waals surface area contributed by atoms with Crippen LogP contribution < -0.4 is 41.4 Å². The van der Waals surface area contributed by atoms with Gasteiger partial charge in [0.2, 0.25) is 5.91 Å². The summed E-state index contributed by atoms with van der Waals surface area (Å²) >= 11 is 0. The predicted molar refractivity (Wildman–Crippen MR) is 137 cm³/mol. The summed E-state index contributed by atoms with van der Waals surface area (Å²) in [6.45, 7) is 2.28. The number of H-pyrrole nitrogens is 1. The van der Waals surface area contributed by atoms with Crippen LogP contribution in [0.4, 0.5) is 11.5 Å². The van der Waals surface area contributed by atoms with Crippen LogP contribution in [0, 0.1) is 0 Å². The van der Waals surface area contributed by atoms with Crippen molar-refractivity contribution in [1.29, 1.82) is 0 Å². The number of nitrogens with zero attached hydrogens (tertiary/aromatic N) is 2. The molecule has 36 heavy (non-hydrogen) atoms. The van der Waals surface area contributed by atoms with Crippen molar-refractivity contribution in [3.63, 3.8) is 0 Å². The quantitative estimate of drug-likeness (QED) is 0.360. The Morgan fingerprint density at radius 1 is 1.03 bits per heavy atom. The molecule has 3 aromatic rings. The number of nitrogens with two attached hydrogens (primary N) is 1. The highest BCUT2D eigenvalue weighted by molar-refractivity contribution is 5.82. The number of likely N-dealkylation sites (N-methyl/N-ethyl adjacent to an activating group) is 1. The summed E-state index contributed by atoms with van der Waals surface area (Å²) in [4.78, 5) is 41.8. The largest absolute Gasteiger partial charge is 0.496 e. The third-order valence-electron chi connectivity index (χ3n) is 5.69. The van der Waals surface area contributed by atoms with Gasteiger partial charge in [0.15, 0.2) is 11.5 Å². The molecule has 0 aliphatic rings. The molecule has 1 aromatic heterocycles. The molecule has 0 atom stereocenters. The number of hydrogen-bond donors (Lipinski definition) is 3. The molecule has 0 saturated heterocycles. The highest BCUT2D eigenvalue weighted by Crippen LogP contribution is 2.34. The summed E-state index contributed by atoms with van der Waals surface area (Å²) < 4.78 is 17.3. The molecule has 0 spiro atoms. The number of ether oxygens (including phenoxy) is 3. The van der Waals surface area contributed by atoms with Gasteiger partial charge in [-0.15, -0.1) is 0 Å². The molecule has 192 valence electrons. The molecule has 3 rings (SSSR count). The van der Waals surface area contributed by atoms with Gasteiger partial charge < -0.3 is 30.2 Å². The van der Waals surface area contributed by atoms with Crippen LogP contribution in [-0.2, 0) is 17.9 Å². The van der Waals surface area contributed by atoms with E-state index in [9.17, 15) is 14.4 Å². The van der Waals surface area contributed by atoms with Crippen molar-refractivity contribution in [2.45, 2.75) is 20.0 Å². The van der Waals surface area contributed by atoms with Crippen molar-refractivity contribution in [3.05, 3.63) is 74.4 Å². The standard InChI is InChI=1S/C25H31N5O6/c1-5-29(15-21(31)27-13-17-11-19(35-3)20(36-4)12-18(17)34-2)22-23(26)30(25(33)28-24(22)32)14-16-9-7-6-8-10-16/h6-12H,5,13-15,26H2,1-4H3,(H,27,31)(H,28,32,33). The van der Waals surface area contributed by atoms with Crippen molar-refractivity contribution in [2.24, 2.45) is 0 Å². The van der Waals surface area contributed by atoms with E-state index < -0.39 is 11.2 Å². The van der Waals surface area contributed by atoms with E-state index >= 15 is 0 Å². The molecule has 0 fully saturated rings. The first kappa shape index (κ1) is 26.2. The number of nitrogens with one attached hydrogen (secondary N) is 2. The SMILES string of the molecule is CCN(CC(=O)NCc1cc(OC)c(OC)cc1OC)c1c(N)n(Cc2ccccc2)c(=O)[nH]c1=O. The molecule has 0 radical (unpaired) electrons. The van der Waals surface area contributed by atoms with Crippen LogP contribution in [0.3, 0.4) is 0 Å². The summed E-state index contributed by atoms with van der Waals surface area (Å²) in [6, 6.07) is 12.7. The number of nitrogen functional groups attached to an aromatic ring is 1. The average molecular weight is 498 g/mol. The first-order valence-electron chi connectivity index (χ1n) is 11.3. The molecule has 0 aliphatic carbocycles. The number of aromatic amines is 1. The maximum atomic E-state index is 12.8. The van der Waals surface area contributed by atoms with Crippen LogP contribution in [-0.4, -0.2) is 49.9 Å². The molecule has 11 nitrogen and oxygen atoms in total. The van der Waals surface area contributed by atoms with Crippen molar-refractivity contribution < 1.29 is 19.0 Å². The van der Waals surface area contributed by atoms with E-state index in [1.54, 1.807) is 19.1 Å². The monoisotopic (exact) mass is 497 g/mol. The van der Waals surface area contributed by atoms with E-state index in [0.717, 1.165) is 5.56 Å². The summed E-state index contributed by atoms with van der Waals surface area (Å²) in [7, 11) is 4.56. The topological polar surface area (TPSA) is 141 Å². The summed E-state index contributed by atoms with van der Waals surface area (Å²) in [5.41, 5.74) is 6.59. The van der Waals surface area contributed by atoms with Crippen molar-refractivity contribution in [3.8, 4) is 17.2 Å². The molecular formula is C25H31N5O6. The van der Waals surface area contributed by atoms with Crippen molar-refractivity contribution in [2.75, 3.05) is 45.1 Å². The number of methoxy groups -OCH3 is 3. The van der Waals surface area contributed by atoms with E-state index in [2.05, 4.69) is 10.3 Å². The normalized spacial score (nSPS) is 10.6. The van der Waals surface area contributed by atoms with Gasteiger partial charge in [0.25, 0.3) is 5.56 Å². The summed E-state index contributed by atoms with van der Waals surface area (Å²) in [5.74, 6) is 1.16. The number of rotatable bonds is 11. The van der Waals surface area contributed by atoms with Crippen LogP contribution in [0.1, 0.15) is 18.1 Å². The maximum Gasteiger partial charge on any atom is 0.330 e. The van der Waals surface area contributed by atoms with Crippen LogP contribution in [0.25, 0.3) is 0 Å². The molecule has 0 saturated carbocycles. The van der Waals surface area contributed by atoms with E-state index in [0.29, 0.717) is 29.4 Å². The lowest BCUT2D eigenvalue weighted by Crippen LogP contribution is -2.43. The second-order valence-corrected chi connectivity index (χ2v) is 7.87. The second-order valence-electron chi connectivity index (χ2n) is 7.87. The molecule has 0 unspecified atom stereocenters. The van der Waals surface area contributed by atoms with Crippen LogP contribution in [0.5, 0.6) is 17.2 Å². The lowest BCUT2D eigenvalue weighted by molar-refractivity contribution is -0.119. The average Bonchev–Trinajstić information content (AvgIpc) is 2.89. The zero-order valence-corrected chi connectivity index (χ0v) is 20.8. The van der Waals surface area contributed by atoms with Crippen LogP contribution >= 0.6 is 0 Å². The van der Waals surface area contributed by atoms with E-state index in [4.69, 9.17) is 19.9 Å². The minimum absolute atomic E-state index is 0.0104. The van der Waals surface area contributed by atoms with Crippen LogP contribution in [0.15, 0.2) is 52.1 Å². The molecule has 11 heteroatoms. The highest BCUT2D eigenvalue weighted by atomic mass is 16.5. The Morgan fingerprint density at radius 3 is 2.28 bits per heavy atom. The van der Waals surface area contributed by atoms with E-state index in [-0.39, 0.29) is 37.0 Å². The molecule has 2 aromatic carbocycles. The molecule has 0 bridgehead atoms. The molecular weight excluding hydrogens is 466 g/mol. The number of carbonyl (C=O) groups is 1. The smallest absolute Gasteiger partial charge is 0.330 e. The molecule has 0 aliphatic heterocycles. The number of amides is 1. The van der Waals surface area contributed by atoms with Crippen molar-refractivity contribution in [1.82, 2.24) is 14.9 Å². The minimum Gasteiger partial charge on any atom is -0.496 e. The van der Waals surface area contributed by atoms with Gasteiger partial charge in [0, 0.05) is 24.7 Å². The Bertz CT molecular complexity index is 1320. The first-order valence-corrected chi connectivity index (χ1v) is 11.3. The summed E-state index contributed by atoms with van der Waals surface area (Å²) in [6.07, 6.45) is 0. The Kier molecular flexibility index (Phi) is 8.61. The number of carbonyl (C=O) groups excluding carboxylic acids is 1. The number of benzene rings is 2. The Hall–Kier alpha value is -4.41. The van der Waals surface area contributed by atoms with Gasteiger partial charge in [-0.1, -0.05) is 30.3 Å². The van der Waals surface area contributed by atoms with Crippen molar-refractivity contribution >= 4 is 17.4 Å². The second kappa shape index (κ2) is 11.8. The first-order chi connectivity index (χ1) is 17.3. The summed E-state index contributed by atoms with van der Waals surface area (Å²) in [5, 5.41) is 2.82. The van der Waals surface area contributed by atoms with Gasteiger partial charge in [0.05, 0.1) is 34.4 Å². The fourth-order valence-corrected chi connectivity index (χ4v) is 3.81. The Labute approximate surface area is 208 Å². The minimum atomic E-state index is -0.655. The third-order valence-corrected chi connectivity index (χ3v) is 5.69. The fraction of sp³-hybridized carbons (Fsp3) is 0.320. The Balaban J connectivity index is 1.80. The van der Waals surface area contributed by atoms with E-state index in [1.807, 2.05) is 30.3 Å². The zero-order chi connectivity index (χ0) is 26.2. The van der Waals surface area contributed by atoms with E-state index in [1.165, 1.54) is 30.8 Å². The number of hydrogen-bond acceptors (Lipinski definition) is 8. The number of aromatic nitrogens is 2. The van der Waals surface area contributed by atoms with Gasteiger partial charge in [-0.3, -0.25) is 19.1 Å². The van der Waals surface area contributed by atoms with Gasteiger partial charge in [-0.2, -0.15) is 0 Å². The van der Waals surface area contributed by atoms with Gasteiger partial charge in [-0.25, -0.2) is 4.79 Å². The lowest BCUT2D eigenvalue weighted by atomic mass is 10.1. The third kappa shape index (κ3) is 5.80. The predicted octanol–water partition coefficient (Wildman–Crippen LogP) is 1.34. The Morgan fingerprint density at radius 2 is 1.67 bits per heavy atom. The zero-order valence-electron chi connectivity index (χ0n) is 20.8. The number of anilines is 2. The maximum absolute atomic E-state index is 12.8. The van der Waals surface area contributed by atoms with Gasteiger partial charge in [-0.05, 0) is 18.6 Å². The molecule has 4 N–H and O–H groups in total. The van der Waals surface area contributed by atoms with Gasteiger partial charge >= 0.3 is 5.69 Å². The van der Waals surface area contributed by atoms with Crippen LogP contribution in [0.2, 0.25) is 0 Å². The lowest BCUT2D eigenvalue weighted by Gasteiger charge is -2.24.